The largest absolute Gasteiger partial charge is 0.501 e. The molecule has 1 aliphatic rings. The lowest BCUT2D eigenvalue weighted by molar-refractivity contribution is 0.514. The van der Waals surface area contributed by atoms with Gasteiger partial charge in [0.1, 0.15) is 0 Å². The van der Waals surface area contributed by atoms with Crippen molar-refractivity contribution in [2.24, 2.45) is 0 Å². The highest BCUT2D eigenvalue weighted by Crippen LogP contribution is 2.24. The summed E-state index contributed by atoms with van der Waals surface area (Å²) in [6.45, 7) is 6.48. The number of hydrogen-bond donors (Lipinski definition) is 0. The molecule has 1 fully saturated rings. The minimum atomic E-state index is -1.43. The third-order valence-corrected chi connectivity index (χ3v) is 2.76. The summed E-state index contributed by atoms with van der Waals surface area (Å²) in [7, 11) is -1.43. The molecule has 0 aromatic carbocycles. The molecular formula is C11H19OSi. The second-order valence-corrected chi connectivity index (χ2v) is 9.03. The van der Waals surface area contributed by atoms with Gasteiger partial charge < -0.3 is 4.43 Å². The van der Waals surface area contributed by atoms with E-state index in [0.29, 0.717) is 0 Å². The summed E-state index contributed by atoms with van der Waals surface area (Å²) in [5.74, 6) is 4.55. The molecule has 1 rings (SSSR count). The topological polar surface area (TPSA) is 9.23 Å². The average Bonchev–Trinajstić information content (AvgIpc) is 2.04. The van der Waals surface area contributed by atoms with E-state index in [1.807, 2.05) is 0 Å². The van der Waals surface area contributed by atoms with Gasteiger partial charge in [0.15, 0.2) is 0 Å². The first-order valence-corrected chi connectivity index (χ1v) is 8.52. The fourth-order valence-electron chi connectivity index (χ4n) is 1.35. The monoisotopic (exact) mass is 195 g/mol. The zero-order valence-corrected chi connectivity index (χ0v) is 9.94. The predicted molar refractivity (Wildman–Crippen MR) is 58.5 cm³/mol. The SMILES string of the molecule is C[Si](C)(C)OC#C[C]1CCCCC1. The lowest BCUT2D eigenvalue weighted by Gasteiger charge is -2.15. The van der Waals surface area contributed by atoms with E-state index in [0.717, 1.165) is 0 Å². The molecule has 1 radical (unpaired) electrons. The second-order valence-electron chi connectivity index (χ2n) is 4.61. The van der Waals surface area contributed by atoms with Gasteiger partial charge in [0.25, 0.3) is 8.32 Å². The Bertz CT molecular complexity index is 200. The first-order valence-electron chi connectivity index (χ1n) is 5.12. The lowest BCUT2D eigenvalue weighted by atomic mass is 9.90. The third kappa shape index (κ3) is 5.00. The Labute approximate surface area is 83.0 Å². The molecule has 73 valence electrons. The Kier molecular flexibility index (Phi) is 3.86. The van der Waals surface area contributed by atoms with Crippen molar-refractivity contribution in [2.75, 3.05) is 0 Å². The van der Waals surface area contributed by atoms with Crippen molar-refractivity contribution in [3.63, 3.8) is 0 Å². The Morgan fingerprint density at radius 2 is 1.69 bits per heavy atom. The van der Waals surface area contributed by atoms with Gasteiger partial charge in [-0.05, 0) is 32.5 Å². The van der Waals surface area contributed by atoms with Crippen LogP contribution in [0.3, 0.4) is 0 Å². The summed E-state index contributed by atoms with van der Waals surface area (Å²) < 4.78 is 5.49. The summed E-state index contributed by atoms with van der Waals surface area (Å²) in [5.41, 5.74) is 0. The predicted octanol–water partition coefficient (Wildman–Crippen LogP) is 3.34. The van der Waals surface area contributed by atoms with Crippen LogP contribution < -0.4 is 0 Å². The van der Waals surface area contributed by atoms with Crippen molar-refractivity contribution in [3.05, 3.63) is 5.92 Å². The van der Waals surface area contributed by atoms with E-state index in [9.17, 15) is 0 Å². The summed E-state index contributed by atoms with van der Waals surface area (Å²) in [6, 6.07) is 0. The van der Waals surface area contributed by atoms with Gasteiger partial charge in [0, 0.05) is 0 Å². The van der Waals surface area contributed by atoms with Gasteiger partial charge in [-0.15, -0.1) is 0 Å². The highest BCUT2D eigenvalue weighted by molar-refractivity contribution is 6.70. The van der Waals surface area contributed by atoms with Crippen molar-refractivity contribution >= 4 is 8.32 Å². The standard InChI is InChI=1S/C11H19OSi/c1-13(2,3)12-10-9-11-7-5-4-6-8-11/h4-8H2,1-3H3. The first kappa shape index (κ1) is 10.7. The van der Waals surface area contributed by atoms with Crippen LogP contribution in [0.5, 0.6) is 0 Å². The molecule has 0 atom stereocenters. The fraction of sp³-hybridized carbons (Fsp3) is 0.727. The number of rotatable bonds is 1. The van der Waals surface area contributed by atoms with E-state index in [4.69, 9.17) is 4.43 Å². The van der Waals surface area contributed by atoms with Gasteiger partial charge in [0.2, 0.25) is 0 Å². The Balaban J connectivity index is 2.29. The third-order valence-electron chi connectivity index (χ3n) is 2.04. The molecule has 0 bridgehead atoms. The maximum Gasteiger partial charge on any atom is 0.255 e. The van der Waals surface area contributed by atoms with Crippen LogP contribution in [0.15, 0.2) is 0 Å². The van der Waals surface area contributed by atoms with E-state index in [1.54, 1.807) is 0 Å². The van der Waals surface area contributed by atoms with Crippen LogP contribution in [0.4, 0.5) is 0 Å². The highest BCUT2D eigenvalue weighted by atomic mass is 28.4. The van der Waals surface area contributed by atoms with Gasteiger partial charge >= 0.3 is 0 Å². The van der Waals surface area contributed by atoms with E-state index >= 15 is 0 Å². The molecule has 1 saturated carbocycles. The molecule has 0 heterocycles. The fourth-order valence-corrected chi connectivity index (χ4v) is 1.71. The normalized spacial score (nSPS) is 19.0. The Morgan fingerprint density at radius 3 is 2.23 bits per heavy atom. The van der Waals surface area contributed by atoms with Crippen LogP contribution in [0.1, 0.15) is 32.1 Å². The van der Waals surface area contributed by atoms with Crippen molar-refractivity contribution in [2.45, 2.75) is 51.7 Å². The van der Waals surface area contributed by atoms with E-state index < -0.39 is 8.32 Å². The van der Waals surface area contributed by atoms with E-state index in [2.05, 4.69) is 31.7 Å². The molecule has 0 spiro atoms. The van der Waals surface area contributed by atoms with Crippen molar-refractivity contribution in [3.8, 4) is 12.0 Å². The summed E-state index contributed by atoms with van der Waals surface area (Å²) >= 11 is 0. The summed E-state index contributed by atoms with van der Waals surface area (Å²) in [4.78, 5) is 0. The second kappa shape index (κ2) is 4.71. The molecule has 0 N–H and O–H groups in total. The van der Waals surface area contributed by atoms with Gasteiger partial charge in [-0.1, -0.05) is 25.2 Å². The smallest absolute Gasteiger partial charge is 0.255 e. The van der Waals surface area contributed by atoms with Crippen LogP contribution >= 0.6 is 0 Å². The van der Waals surface area contributed by atoms with Gasteiger partial charge in [-0.25, -0.2) is 0 Å². The van der Waals surface area contributed by atoms with Gasteiger partial charge in [-0.2, -0.15) is 0 Å². The molecule has 0 amide bonds. The van der Waals surface area contributed by atoms with Gasteiger partial charge in [-0.3, -0.25) is 0 Å². The summed E-state index contributed by atoms with van der Waals surface area (Å²) in [5, 5.41) is 0. The minimum Gasteiger partial charge on any atom is -0.501 e. The van der Waals surface area contributed by atoms with Crippen LogP contribution in [-0.4, -0.2) is 8.32 Å². The zero-order valence-electron chi connectivity index (χ0n) is 8.94. The highest BCUT2D eigenvalue weighted by Gasteiger charge is 2.15. The molecule has 13 heavy (non-hydrogen) atoms. The molecule has 1 aliphatic carbocycles. The van der Waals surface area contributed by atoms with Crippen molar-refractivity contribution in [1.29, 1.82) is 0 Å². The average molecular weight is 195 g/mol. The van der Waals surface area contributed by atoms with E-state index in [-0.39, 0.29) is 0 Å². The first-order chi connectivity index (χ1) is 6.08. The van der Waals surface area contributed by atoms with Crippen LogP contribution in [0, 0.1) is 17.9 Å². The lowest BCUT2D eigenvalue weighted by Crippen LogP contribution is -2.22. The zero-order chi connectivity index (χ0) is 9.73. The quantitative estimate of drug-likeness (QED) is 0.460. The maximum atomic E-state index is 5.49. The molecule has 1 nitrogen and oxygen atoms in total. The molecule has 0 aliphatic heterocycles. The molecular weight excluding hydrogens is 176 g/mol. The Morgan fingerprint density at radius 1 is 1.08 bits per heavy atom. The van der Waals surface area contributed by atoms with Crippen LogP contribution in [-0.2, 0) is 4.43 Å². The van der Waals surface area contributed by atoms with Crippen molar-refractivity contribution in [1.82, 2.24) is 0 Å². The maximum absolute atomic E-state index is 5.49. The molecule has 0 aromatic heterocycles. The summed E-state index contributed by atoms with van der Waals surface area (Å²) in [6.07, 6.45) is 9.27. The van der Waals surface area contributed by atoms with E-state index in [1.165, 1.54) is 38.0 Å². The Hall–Kier alpha value is -0.423. The molecule has 0 aromatic rings. The number of hydrogen-bond acceptors (Lipinski definition) is 1. The molecule has 2 heteroatoms. The van der Waals surface area contributed by atoms with Gasteiger partial charge in [0.05, 0.1) is 12.0 Å². The molecule has 0 saturated heterocycles. The van der Waals surface area contributed by atoms with Crippen LogP contribution in [0.25, 0.3) is 0 Å². The molecule has 0 unspecified atom stereocenters. The minimum absolute atomic E-state index is 1.20. The van der Waals surface area contributed by atoms with Crippen molar-refractivity contribution < 1.29 is 4.43 Å². The van der Waals surface area contributed by atoms with Crippen LogP contribution in [0.2, 0.25) is 19.6 Å².